The van der Waals surface area contributed by atoms with E-state index in [9.17, 15) is 14.9 Å². The van der Waals surface area contributed by atoms with Gasteiger partial charge in [0.05, 0.1) is 16.9 Å². The first-order chi connectivity index (χ1) is 9.24. The maximum atomic E-state index is 10.9. The fourth-order valence-electron chi connectivity index (χ4n) is 1.54. The molecule has 0 aliphatic heterocycles. The Hall–Kier alpha value is -1.82. The lowest BCUT2D eigenvalue weighted by Gasteiger charge is -2.18. The molecule has 0 fully saturated rings. The number of rotatable bonds is 7. The van der Waals surface area contributed by atoms with Gasteiger partial charge < -0.3 is 9.84 Å². The van der Waals surface area contributed by atoms with Crippen LogP contribution in [-0.2, 0) is 4.79 Å². The molecule has 0 aromatic heterocycles. The minimum atomic E-state index is -0.851. The van der Waals surface area contributed by atoms with E-state index in [2.05, 4.69) is 0 Å². The Bertz CT molecular complexity index is 515. The normalized spacial score (nSPS) is 11.2. The Morgan fingerprint density at radius 2 is 2.15 bits per heavy atom. The smallest absolute Gasteiger partial charge is 0.309 e. The lowest BCUT2D eigenvalue weighted by Crippen LogP contribution is -2.24. The van der Waals surface area contributed by atoms with Gasteiger partial charge in [0.2, 0.25) is 0 Å². The molecule has 20 heavy (non-hydrogen) atoms. The summed E-state index contributed by atoms with van der Waals surface area (Å²) in [5.41, 5.74) is -0.970. The van der Waals surface area contributed by atoms with Crippen LogP contribution in [0.2, 0.25) is 5.02 Å². The molecule has 0 aliphatic rings. The van der Waals surface area contributed by atoms with Crippen LogP contribution in [0.3, 0.4) is 0 Å². The van der Waals surface area contributed by atoms with Gasteiger partial charge in [-0.1, -0.05) is 11.6 Å². The number of ether oxygens (including phenoxy) is 1. The van der Waals surface area contributed by atoms with Gasteiger partial charge in [0.1, 0.15) is 10.8 Å². The Morgan fingerprint density at radius 3 is 2.65 bits per heavy atom. The monoisotopic (exact) mass is 301 g/mol. The average Bonchev–Trinajstić information content (AvgIpc) is 2.34. The second kappa shape index (κ2) is 6.56. The number of hydrogen-bond donors (Lipinski definition) is 1. The number of halogens is 1. The Labute approximate surface area is 121 Å². The molecule has 1 aromatic carbocycles. The molecule has 0 saturated carbocycles. The fourth-order valence-corrected chi connectivity index (χ4v) is 1.78. The molecule has 0 amide bonds. The number of aliphatic carboxylic acids is 1. The highest BCUT2D eigenvalue weighted by Crippen LogP contribution is 2.29. The molecular formula is C13H16ClNO5. The summed E-state index contributed by atoms with van der Waals surface area (Å²) < 4.78 is 5.40. The number of nitro groups is 1. The molecule has 1 aromatic rings. The van der Waals surface area contributed by atoms with Gasteiger partial charge in [-0.3, -0.25) is 14.9 Å². The lowest BCUT2D eigenvalue weighted by molar-refractivity contribution is -0.384. The summed E-state index contributed by atoms with van der Waals surface area (Å²) in [5, 5.41) is 19.6. The zero-order chi connectivity index (χ0) is 15.3. The lowest BCUT2D eigenvalue weighted by atomic mass is 9.88. The van der Waals surface area contributed by atoms with Crippen LogP contribution in [0.15, 0.2) is 18.2 Å². The molecule has 0 unspecified atom stereocenters. The van der Waals surface area contributed by atoms with Gasteiger partial charge in [-0.25, -0.2) is 0 Å². The molecule has 1 rings (SSSR count). The van der Waals surface area contributed by atoms with Crippen LogP contribution in [-0.4, -0.2) is 22.6 Å². The third-order valence-electron chi connectivity index (χ3n) is 2.91. The molecule has 0 bridgehead atoms. The molecule has 0 radical (unpaired) electrons. The first kappa shape index (κ1) is 16.2. The third-order valence-corrected chi connectivity index (χ3v) is 3.21. The van der Waals surface area contributed by atoms with E-state index in [0.29, 0.717) is 25.2 Å². The van der Waals surface area contributed by atoms with Gasteiger partial charge in [-0.05, 0) is 32.8 Å². The van der Waals surface area contributed by atoms with Gasteiger partial charge in [-0.2, -0.15) is 0 Å². The second-order valence-corrected chi connectivity index (χ2v) is 5.42. The largest absolute Gasteiger partial charge is 0.494 e. The maximum absolute atomic E-state index is 10.9. The predicted molar refractivity (Wildman–Crippen MR) is 74.3 cm³/mol. The molecule has 110 valence electrons. The van der Waals surface area contributed by atoms with Gasteiger partial charge in [0.25, 0.3) is 5.69 Å². The zero-order valence-corrected chi connectivity index (χ0v) is 12.0. The van der Waals surface area contributed by atoms with Crippen molar-refractivity contribution in [2.45, 2.75) is 26.7 Å². The van der Waals surface area contributed by atoms with Crippen molar-refractivity contribution in [3.63, 3.8) is 0 Å². The molecule has 0 heterocycles. The van der Waals surface area contributed by atoms with E-state index in [1.807, 2.05) is 0 Å². The Balaban J connectivity index is 2.49. The van der Waals surface area contributed by atoms with Crippen LogP contribution < -0.4 is 4.74 Å². The van der Waals surface area contributed by atoms with Crippen molar-refractivity contribution < 1.29 is 19.6 Å². The SMILES string of the molecule is CC(C)(CCCOc1ccc([N+](=O)[O-])c(Cl)c1)C(=O)O. The molecule has 1 N–H and O–H groups in total. The Kier molecular flexibility index (Phi) is 5.33. The van der Waals surface area contributed by atoms with Crippen LogP contribution in [0.5, 0.6) is 5.75 Å². The summed E-state index contributed by atoms with van der Waals surface area (Å²) in [5.74, 6) is -0.426. The van der Waals surface area contributed by atoms with E-state index in [1.165, 1.54) is 18.2 Å². The summed E-state index contributed by atoms with van der Waals surface area (Å²) >= 11 is 5.75. The van der Waals surface area contributed by atoms with Gasteiger partial charge in [0.15, 0.2) is 0 Å². The number of benzene rings is 1. The van der Waals surface area contributed by atoms with E-state index in [4.69, 9.17) is 21.4 Å². The fraction of sp³-hybridized carbons (Fsp3) is 0.462. The van der Waals surface area contributed by atoms with E-state index in [-0.39, 0.29) is 10.7 Å². The van der Waals surface area contributed by atoms with Crippen molar-refractivity contribution in [3.05, 3.63) is 33.3 Å². The first-order valence-electron chi connectivity index (χ1n) is 6.04. The van der Waals surface area contributed by atoms with Crippen LogP contribution in [0.1, 0.15) is 26.7 Å². The molecule has 6 nitrogen and oxygen atoms in total. The van der Waals surface area contributed by atoms with Gasteiger partial charge in [0, 0.05) is 12.1 Å². The highest BCUT2D eigenvalue weighted by Gasteiger charge is 2.26. The molecule has 0 atom stereocenters. The van der Waals surface area contributed by atoms with E-state index in [0.717, 1.165) is 0 Å². The van der Waals surface area contributed by atoms with Crippen LogP contribution in [0.25, 0.3) is 0 Å². The standard InChI is InChI=1S/C13H16ClNO5/c1-13(2,12(16)17)6-3-7-20-9-4-5-11(15(18)19)10(14)8-9/h4-5,8H,3,6-7H2,1-2H3,(H,16,17). The summed E-state index contributed by atoms with van der Waals surface area (Å²) in [4.78, 5) is 20.9. The third kappa shape index (κ3) is 4.38. The predicted octanol–water partition coefficient (Wildman–Crippen LogP) is 3.52. The molecule has 0 saturated heterocycles. The van der Waals surface area contributed by atoms with Crippen molar-refractivity contribution in [2.75, 3.05) is 6.61 Å². The van der Waals surface area contributed by atoms with Crippen LogP contribution >= 0.6 is 11.6 Å². The maximum Gasteiger partial charge on any atom is 0.309 e. The van der Waals surface area contributed by atoms with Crippen molar-refractivity contribution in [1.29, 1.82) is 0 Å². The minimum Gasteiger partial charge on any atom is -0.494 e. The summed E-state index contributed by atoms with van der Waals surface area (Å²) in [6.07, 6.45) is 1.04. The zero-order valence-electron chi connectivity index (χ0n) is 11.3. The van der Waals surface area contributed by atoms with Gasteiger partial charge in [-0.15, -0.1) is 0 Å². The van der Waals surface area contributed by atoms with E-state index < -0.39 is 16.3 Å². The molecule has 7 heteroatoms. The Morgan fingerprint density at radius 1 is 1.50 bits per heavy atom. The molecule has 0 spiro atoms. The highest BCUT2D eigenvalue weighted by molar-refractivity contribution is 6.32. The molecule has 0 aliphatic carbocycles. The minimum absolute atomic E-state index is 0.0124. The quantitative estimate of drug-likeness (QED) is 0.473. The van der Waals surface area contributed by atoms with Crippen molar-refractivity contribution >= 4 is 23.3 Å². The van der Waals surface area contributed by atoms with Crippen molar-refractivity contribution in [1.82, 2.24) is 0 Å². The average molecular weight is 302 g/mol. The number of nitrogens with zero attached hydrogens (tertiary/aromatic N) is 1. The van der Waals surface area contributed by atoms with Gasteiger partial charge >= 0.3 is 5.97 Å². The second-order valence-electron chi connectivity index (χ2n) is 5.01. The van der Waals surface area contributed by atoms with Crippen molar-refractivity contribution in [3.8, 4) is 5.75 Å². The van der Waals surface area contributed by atoms with Crippen molar-refractivity contribution in [2.24, 2.45) is 5.41 Å². The van der Waals surface area contributed by atoms with Crippen LogP contribution in [0.4, 0.5) is 5.69 Å². The highest BCUT2D eigenvalue weighted by atomic mass is 35.5. The van der Waals surface area contributed by atoms with E-state index >= 15 is 0 Å². The molecular weight excluding hydrogens is 286 g/mol. The number of carboxylic acid groups (broad SMARTS) is 1. The number of carboxylic acids is 1. The summed E-state index contributed by atoms with van der Waals surface area (Å²) in [6, 6.07) is 4.12. The summed E-state index contributed by atoms with van der Waals surface area (Å²) in [7, 11) is 0. The number of carbonyl (C=O) groups is 1. The van der Waals surface area contributed by atoms with E-state index in [1.54, 1.807) is 13.8 Å². The number of nitro benzene ring substituents is 1. The van der Waals surface area contributed by atoms with Crippen LogP contribution in [0, 0.1) is 15.5 Å². The summed E-state index contributed by atoms with van der Waals surface area (Å²) in [6.45, 7) is 3.63. The number of hydrogen-bond acceptors (Lipinski definition) is 4. The first-order valence-corrected chi connectivity index (χ1v) is 6.42. The topological polar surface area (TPSA) is 89.7 Å².